The van der Waals surface area contributed by atoms with Crippen molar-refractivity contribution in [2.75, 3.05) is 5.23 Å². The average Bonchev–Trinajstić information content (AvgIpc) is 2.46. The van der Waals surface area contributed by atoms with Crippen molar-refractivity contribution in [3.8, 4) is 0 Å². The van der Waals surface area contributed by atoms with Gasteiger partial charge < -0.3 is 10.4 Å². The minimum absolute atomic E-state index is 0.116. The van der Waals surface area contributed by atoms with Crippen LogP contribution in [0.3, 0.4) is 0 Å². The molecule has 0 saturated heterocycles. The second kappa shape index (κ2) is 6.47. The zero-order valence-electron chi connectivity index (χ0n) is 9.78. The van der Waals surface area contributed by atoms with Crippen LogP contribution in [0, 0.1) is 5.21 Å². The third-order valence-electron chi connectivity index (χ3n) is 2.67. The zero-order chi connectivity index (χ0) is 13.8. The molecule has 0 radical (unpaired) electrons. The Bertz CT molecular complexity index is 537. The van der Waals surface area contributed by atoms with Gasteiger partial charge in [0, 0.05) is 6.20 Å². The van der Waals surface area contributed by atoms with Crippen molar-refractivity contribution in [1.29, 1.82) is 0 Å². The van der Waals surface area contributed by atoms with Crippen LogP contribution in [0.1, 0.15) is 20.9 Å². The summed E-state index contributed by atoms with van der Waals surface area (Å²) in [6, 6.07) is 12.5. The summed E-state index contributed by atoms with van der Waals surface area (Å²) in [5.74, 6) is 0. The Kier molecular flexibility index (Phi) is 4.93. The number of nitrogens with zero attached hydrogens (tertiary/aromatic N) is 2. The summed E-state index contributed by atoms with van der Waals surface area (Å²) >= 11 is 7.10. The number of hydrogen-bond donors (Lipinski definition) is 1. The maximum atomic E-state index is 11.2. The van der Waals surface area contributed by atoms with Gasteiger partial charge in [0.15, 0.2) is 0 Å². The quantitative estimate of drug-likeness (QED) is 0.626. The Morgan fingerprint density at radius 2 is 1.74 bits per heavy atom. The van der Waals surface area contributed by atoms with E-state index < -0.39 is 0 Å². The van der Waals surface area contributed by atoms with Crippen LogP contribution in [0.4, 0.5) is 5.69 Å². The van der Waals surface area contributed by atoms with E-state index >= 15 is 0 Å². The molecule has 1 aromatic heterocycles. The van der Waals surface area contributed by atoms with Gasteiger partial charge >= 0.3 is 0 Å². The molecule has 1 aromatic carbocycles. The van der Waals surface area contributed by atoms with Gasteiger partial charge in [0.1, 0.15) is 0 Å². The normalized spacial score (nSPS) is 13.9. The van der Waals surface area contributed by atoms with Crippen LogP contribution < -0.4 is 5.23 Å². The number of aromatic nitrogens is 1. The first-order valence-electron chi connectivity index (χ1n) is 5.55. The molecule has 100 valence electrons. The Labute approximate surface area is 127 Å². The topological polar surface area (TPSA) is 59.4 Å². The molecule has 0 aliphatic carbocycles. The number of rotatable bonds is 4. The van der Waals surface area contributed by atoms with Crippen LogP contribution in [-0.2, 0) is 0 Å². The predicted octanol–water partition coefficient (Wildman–Crippen LogP) is 4.35. The highest BCUT2D eigenvalue weighted by Gasteiger charge is 2.23. The van der Waals surface area contributed by atoms with Crippen molar-refractivity contribution in [3.63, 3.8) is 0 Å². The molecule has 1 heterocycles. The van der Waals surface area contributed by atoms with Gasteiger partial charge in [-0.2, -0.15) is 0 Å². The second-order valence-corrected chi connectivity index (χ2v) is 5.86. The van der Waals surface area contributed by atoms with E-state index in [0.29, 0.717) is 5.56 Å². The Hall–Kier alpha value is -0.950. The number of benzene rings is 1. The molecule has 0 aliphatic rings. The van der Waals surface area contributed by atoms with Crippen LogP contribution in [0.5, 0.6) is 0 Å². The van der Waals surface area contributed by atoms with Gasteiger partial charge in [0.05, 0.1) is 21.0 Å². The fourth-order valence-electron chi connectivity index (χ4n) is 1.74. The minimum atomic E-state index is -0.192. The van der Waals surface area contributed by atoms with Gasteiger partial charge in [0.2, 0.25) is 0 Å². The third-order valence-corrected chi connectivity index (χ3v) is 5.40. The first-order chi connectivity index (χ1) is 9.11. The average molecular weight is 387 g/mol. The molecule has 0 aliphatic heterocycles. The molecule has 0 bridgehead atoms. The van der Waals surface area contributed by atoms with Gasteiger partial charge in [-0.3, -0.25) is 10.2 Å². The van der Waals surface area contributed by atoms with Crippen LogP contribution >= 0.6 is 31.9 Å². The van der Waals surface area contributed by atoms with Crippen molar-refractivity contribution < 1.29 is 5.21 Å². The van der Waals surface area contributed by atoms with Gasteiger partial charge in [-0.25, -0.2) is 0 Å². The number of alkyl halides is 2. The maximum absolute atomic E-state index is 11.2. The van der Waals surface area contributed by atoms with Crippen LogP contribution in [0.15, 0.2) is 48.7 Å². The van der Waals surface area contributed by atoms with Crippen LogP contribution in [-0.4, -0.2) is 10.2 Å². The van der Waals surface area contributed by atoms with Gasteiger partial charge in [-0.1, -0.05) is 56.1 Å². The van der Waals surface area contributed by atoms with E-state index in [4.69, 9.17) is 5.21 Å². The van der Waals surface area contributed by atoms with E-state index in [0.717, 1.165) is 5.69 Å². The summed E-state index contributed by atoms with van der Waals surface area (Å²) in [4.78, 5) is 3.96. The second-order valence-electron chi connectivity index (χ2n) is 3.89. The number of halogens is 2. The predicted molar refractivity (Wildman–Crippen MR) is 81.6 cm³/mol. The molecule has 0 unspecified atom stereocenters. The molecule has 0 fully saturated rings. The van der Waals surface area contributed by atoms with Crippen molar-refractivity contribution in [2.45, 2.75) is 9.65 Å². The summed E-state index contributed by atoms with van der Waals surface area (Å²) in [6.07, 6.45) is 1.71. The number of para-hydroxylation sites is 1. The Balaban J connectivity index is 2.32. The number of pyridine rings is 1. The standard InChI is InChI=1S/C13H11Br2N2O2/c14-12(13(15)10-6-3-4-8-16-10)9-5-1-2-7-11(9)17(18)19/h1-8,12-13,18H/q-1/t12-,13+/m1/s1. The molecular weight excluding hydrogens is 376 g/mol. The van der Waals surface area contributed by atoms with Crippen molar-refractivity contribution in [3.05, 3.63) is 65.1 Å². The highest BCUT2D eigenvalue weighted by Crippen LogP contribution is 2.44. The lowest BCUT2D eigenvalue weighted by atomic mass is 10.1. The molecule has 6 heteroatoms. The van der Waals surface area contributed by atoms with E-state index in [-0.39, 0.29) is 20.6 Å². The van der Waals surface area contributed by atoms with Crippen LogP contribution in [0.2, 0.25) is 0 Å². The summed E-state index contributed by atoms with van der Waals surface area (Å²) < 4.78 is 0. The molecule has 19 heavy (non-hydrogen) atoms. The molecule has 2 atom stereocenters. The van der Waals surface area contributed by atoms with E-state index in [9.17, 15) is 5.21 Å². The summed E-state index contributed by atoms with van der Waals surface area (Å²) in [5, 5.41) is 20.2. The molecular formula is C13H11Br2N2O2-. The molecule has 0 saturated carbocycles. The smallest absolute Gasteiger partial charge is 0.0734 e. The lowest BCUT2D eigenvalue weighted by Crippen LogP contribution is -2.12. The maximum Gasteiger partial charge on any atom is 0.0734 e. The molecule has 0 amide bonds. The van der Waals surface area contributed by atoms with E-state index in [2.05, 4.69) is 36.8 Å². The molecule has 0 spiro atoms. The molecule has 1 N–H and O–H groups in total. The fraction of sp³-hybridized carbons (Fsp3) is 0.154. The Morgan fingerprint density at radius 3 is 2.37 bits per heavy atom. The van der Waals surface area contributed by atoms with Gasteiger partial charge in [-0.15, -0.1) is 0 Å². The summed E-state index contributed by atoms with van der Waals surface area (Å²) in [6.45, 7) is 0. The van der Waals surface area contributed by atoms with Crippen molar-refractivity contribution in [2.24, 2.45) is 0 Å². The SMILES string of the molecule is [O-]N(O)c1ccccc1[C@@H](Br)[C@@H](Br)c1ccccn1. The number of anilines is 1. The monoisotopic (exact) mass is 385 g/mol. The highest BCUT2D eigenvalue weighted by molar-refractivity contribution is 9.12. The first kappa shape index (κ1) is 14.5. The Morgan fingerprint density at radius 1 is 1.05 bits per heavy atom. The third kappa shape index (κ3) is 3.33. The van der Waals surface area contributed by atoms with E-state index in [1.807, 2.05) is 24.3 Å². The molecule has 2 aromatic rings. The van der Waals surface area contributed by atoms with Crippen LogP contribution in [0.25, 0.3) is 0 Å². The highest BCUT2D eigenvalue weighted by atomic mass is 79.9. The molecule has 2 rings (SSSR count). The fourth-order valence-corrected chi connectivity index (χ4v) is 2.96. The van der Waals surface area contributed by atoms with E-state index in [1.54, 1.807) is 24.4 Å². The van der Waals surface area contributed by atoms with Crippen molar-refractivity contribution in [1.82, 2.24) is 4.98 Å². The summed E-state index contributed by atoms with van der Waals surface area (Å²) in [5.41, 5.74) is 1.74. The van der Waals surface area contributed by atoms with E-state index in [1.165, 1.54) is 0 Å². The summed E-state index contributed by atoms with van der Waals surface area (Å²) in [7, 11) is 0. The zero-order valence-corrected chi connectivity index (χ0v) is 13.0. The van der Waals surface area contributed by atoms with Gasteiger partial charge in [0.25, 0.3) is 0 Å². The minimum Gasteiger partial charge on any atom is -0.733 e. The van der Waals surface area contributed by atoms with Crippen molar-refractivity contribution >= 4 is 37.5 Å². The molecule has 4 nitrogen and oxygen atoms in total. The number of hydrogen-bond acceptors (Lipinski definition) is 4. The lowest BCUT2D eigenvalue weighted by molar-refractivity contribution is 0.295. The lowest BCUT2D eigenvalue weighted by Gasteiger charge is -2.27. The largest absolute Gasteiger partial charge is 0.733 e. The first-order valence-corrected chi connectivity index (χ1v) is 7.38. The van der Waals surface area contributed by atoms with Gasteiger partial charge in [-0.05, 0) is 23.8 Å².